The summed E-state index contributed by atoms with van der Waals surface area (Å²) in [5.41, 5.74) is 1.80. The van der Waals surface area contributed by atoms with E-state index in [0.29, 0.717) is 0 Å². The van der Waals surface area contributed by atoms with Gasteiger partial charge in [-0.3, -0.25) is 4.79 Å². The summed E-state index contributed by atoms with van der Waals surface area (Å²) in [5.74, 6) is 0.953. The summed E-state index contributed by atoms with van der Waals surface area (Å²) >= 11 is 0. The SMILES string of the molecule is O=C(O)C1CCCN(CCC=C(C2CCCCC2)C2CCCCC2)C1. The lowest BCUT2D eigenvalue weighted by Gasteiger charge is -2.33. The number of allylic oxidation sites excluding steroid dienone is 1. The van der Waals surface area contributed by atoms with Crippen LogP contribution in [-0.2, 0) is 4.79 Å². The van der Waals surface area contributed by atoms with Crippen LogP contribution in [0.5, 0.6) is 0 Å². The third kappa shape index (κ3) is 5.57. The van der Waals surface area contributed by atoms with Crippen molar-refractivity contribution < 1.29 is 9.90 Å². The maximum atomic E-state index is 11.3. The predicted octanol–water partition coefficient (Wildman–Crippen LogP) is 5.26. The second kappa shape index (κ2) is 9.75. The predicted molar refractivity (Wildman–Crippen MR) is 103 cm³/mol. The van der Waals surface area contributed by atoms with Crippen LogP contribution >= 0.6 is 0 Å². The van der Waals surface area contributed by atoms with Gasteiger partial charge in [-0.15, -0.1) is 0 Å². The molecular weight excluding hydrogens is 310 g/mol. The van der Waals surface area contributed by atoms with E-state index in [0.717, 1.165) is 50.7 Å². The molecule has 0 spiro atoms. The summed E-state index contributed by atoms with van der Waals surface area (Å²) in [5, 5.41) is 9.27. The van der Waals surface area contributed by atoms with Crippen molar-refractivity contribution in [3.63, 3.8) is 0 Å². The van der Waals surface area contributed by atoms with Gasteiger partial charge in [-0.25, -0.2) is 0 Å². The number of nitrogens with zero attached hydrogens (tertiary/aromatic N) is 1. The molecule has 1 aliphatic heterocycles. The quantitative estimate of drug-likeness (QED) is 0.666. The highest BCUT2D eigenvalue weighted by Crippen LogP contribution is 2.39. The van der Waals surface area contributed by atoms with Crippen LogP contribution < -0.4 is 0 Å². The highest BCUT2D eigenvalue weighted by atomic mass is 16.4. The van der Waals surface area contributed by atoms with Crippen molar-refractivity contribution >= 4 is 5.97 Å². The van der Waals surface area contributed by atoms with E-state index in [1.54, 1.807) is 5.57 Å². The van der Waals surface area contributed by atoms with Gasteiger partial charge in [0.05, 0.1) is 5.92 Å². The van der Waals surface area contributed by atoms with Gasteiger partial charge in [-0.05, 0) is 63.3 Å². The molecule has 0 aromatic heterocycles. The first-order valence-electron chi connectivity index (χ1n) is 10.9. The monoisotopic (exact) mass is 347 g/mol. The van der Waals surface area contributed by atoms with Crippen molar-refractivity contribution in [1.82, 2.24) is 4.90 Å². The zero-order valence-electron chi connectivity index (χ0n) is 15.9. The summed E-state index contributed by atoms with van der Waals surface area (Å²) in [6.07, 6.45) is 19.8. The summed E-state index contributed by atoms with van der Waals surface area (Å²) in [6, 6.07) is 0. The minimum atomic E-state index is -0.606. The van der Waals surface area contributed by atoms with Crippen molar-refractivity contribution in [3.8, 4) is 0 Å². The summed E-state index contributed by atoms with van der Waals surface area (Å²) in [7, 11) is 0. The number of hydrogen-bond donors (Lipinski definition) is 1. The minimum Gasteiger partial charge on any atom is -0.481 e. The highest BCUT2D eigenvalue weighted by Gasteiger charge is 2.27. The molecule has 1 saturated heterocycles. The van der Waals surface area contributed by atoms with Crippen LogP contribution in [0.4, 0.5) is 0 Å². The Morgan fingerprint density at radius 3 is 1.96 bits per heavy atom. The van der Waals surface area contributed by atoms with Crippen molar-refractivity contribution in [2.45, 2.75) is 83.5 Å². The summed E-state index contributed by atoms with van der Waals surface area (Å²) in [6.45, 7) is 2.89. The number of carboxylic acid groups (broad SMARTS) is 1. The smallest absolute Gasteiger partial charge is 0.307 e. The fraction of sp³-hybridized carbons (Fsp3) is 0.864. The van der Waals surface area contributed by atoms with Gasteiger partial charge in [0.1, 0.15) is 0 Å². The number of piperidine rings is 1. The maximum absolute atomic E-state index is 11.3. The Hall–Kier alpha value is -0.830. The van der Waals surface area contributed by atoms with Crippen molar-refractivity contribution in [3.05, 3.63) is 11.6 Å². The number of carboxylic acids is 1. The topological polar surface area (TPSA) is 40.5 Å². The van der Waals surface area contributed by atoms with Crippen LogP contribution in [0.1, 0.15) is 83.5 Å². The normalized spacial score (nSPS) is 27.1. The second-order valence-electron chi connectivity index (χ2n) is 8.64. The minimum absolute atomic E-state index is 0.145. The number of aliphatic carboxylic acids is 1. The van der Waals surface area contributed by atoms with E-state index in [9.17, 15) is 9.90 Å². The van der Waals surface area contributed by atoms with Gasteiger partial charge in [-0.2, -0.15) is 0 Å². The largest absolute Gasteiger partial charge is 0.481 e. The molecule has 3 rings (SSSR count). The fourth-order valence-corrected chi connectivity index (χ4v) is 5.41. The van der Waals surface area contributed by atoms with Crippen LogP contribution in [0.3, 0.4) is 0 Å². The first kappa shape index (κ1) is 18.9. The van der Waals surface area contributed by atoms with Gasteiger partial charge in [0.25, 0.3) is 0 Å². The molecule has 0 aromatic rings. The molecule has 1 unspecified atom stereocenters. The molecular formula is C22H37NO2. The molecule has 25 heavy (non-hydrogen) atoms. The molecule has 0 bridgehead atoms. The Labute approximate surface area is 153 Å². The number of hydrogen-bond acceptors (Lipinski definition) is 2. The van der Waals surface area contributed by atoms with Crippen molar-refractivity contribution in [1.29, 1.82) is 0 Å². The van der Waals surface area contributed by atoms with Gasteiger partial charge >= 0.3 is 5.97 Å². The average Bonchev–Trinajstić information content (AvgIpc) is 2.67. The van der Waals surface area contributed by atoms with E-state index in [2.05, 4.69) is 11.0 Å². The molecule has 3 heteroatoms. The van der Waals surface area contributed by atoms with Gasteiger partial charge in [0.2, 0.25) is 0 Å². The zero-order valence-corrected chi connectivity index (χ0v) is 15.9. The maximum Gasteiger partial charge on any atom is 0.307 e. The standard InChI is InChI=1S/C22H37NO2/c24-22(25)20-13-7-15-23(17-20)16-8-14-21(18-9-3-1-4-10-18)19-11-5-2-6-12-19/h14,18-20H,1-13,15-17H2,(H,24,25). The summed E-state index contributed by atoms with van der Waals surface area (Å²) in [4.78, 5) is 13.6. The average molecular weight is 348 g/mol. The Morgan fingerprint density at radius 1 is 0.840 bits per heavy atom. The number of rotatable bonds is 6. The molecule has 3 nitrogen and oxygen atoms in total. The summed E-state index contributed by atoms with van der Waals surface area (Å²) < 4.78 is 0. The molecule has 1 atom stereocenters. The molecule has 0 amide bonds. The van der Waals surface area contributed by atoms with E-state index in [-0.39, 0.29) is 5.92 Å². The van der Waals surface area contributed by atoms with Crippen molar-refractivity contribution in [2.75, 3.05) is 19.6 Å². The lowest BCUT2D eigenvalue weighted by atomic mass is 9.73. The fourth-order valence-electron chi connectivity index (χ4n) is 5.41. The van der Waals surface area contributed by atoms with E-state index < -0.39 is 5.97 Å². The number of likely N-dealkylation sites (tertiary alicyclic amines) is 1. The molecule has 1 heterocycles. The van der Waals surface area contributed by atoms with E-state index in [1.807, 2.05) is 0 Å². The first-order chi connectivity index (χ1) is 12.2. The Kier molecular flexibility index (Phi) is 7.39. The van der Waals surface area contributed by atoms with Gasteiger partial charge < -0.3 is 10.0 Å². The third-order valence-electron chi connectivity index (χ3n) is 6.83. The highest BCUT2D eigenvalue weighted by molar-refractivity contribution is 5.70. The van der Waals surface area contributed by atoms with Crippen LogP contribution in [0.25, 0.3) is 0 Å². The van der Waals surface area contributed by atoms with Crippen LogP contribution in [0.2, 0.25) is 0 Å². The van der Waals surface area contributed by atoms with Crippen LogP contribution in [0, 0.1) is 17.8 Å². The molecule has 2 aliphatic carbocycles. The molecule has 1 N–H and O–H groups in total. The molecule has 0 aromatic carbocycles. The Bertz CT molecular complexity index is 427. The molecule has 0 radical (unpaired) electrons. The van der Waals surface area contributed by atoms with E-state index in [4.69, 9.17) is 0 Å². The Morgan fingerprint density at radius 2 is 1.40 bits per heavy atom. The molecule has 3 fully saturated rings. The third-order valence-corrected chi connectivity index (χ3v) is 6.83. The molecule has 3 aliphatic rings. The lowest BCUT2D eigenvalue weighted by molar-refractivity contribution is -0.143. The molecule has 142 valence electrons. The second-order valence-corrected chi connectivity index (χ2v) is 8.64. The van der Waals surface area contributed by atoms with Crippen LogP contribution in [-0.4, -0.2) is 35.6 Å². The van der Waals surface area contributed by atoms with Gasteiger partial charge in [-0.1, -0.05) is 50.2 Å². The van der Waals surface area contributed by atoms with Gasteiger partial charge in [0, 0.05) is 13.1 Å². The Balaban J connectivity index is 1.56. The first-order valence-corrected chi connectivity index (χ1v) is 10.9. The van der Waals surface area contributed by atoms with E-state index >= 15 is 0 Å². The number of carbonyl (C=O) groups is 1. The lowest BCUT2D eigenvalue weighted by Crippen LogP contribution is -2.39. The van der Waals surface area contributed by atoms with E-state index in [1.165, 1.54) is 64.2 Å². The van der Waals surface area contributed by atoms with Gasteiger partial charge in [0.15, 0.2) is 0 Å². The van der Waals surface area contributed by atoms with Crippen LogP contribution in [0.15, 0.2) is 11.6 Å². The molecule has 2 saturated carbocycles. The zero-order chi connectivity index (χ0) is 17.5. The van der Waals surface area contributed by atoms with Crippen molar-refractivity contribution in [2.24, 2.45) is 17.8 Å².